The number of hydrogen-bond acceptors (Lipinski definition) is 4. The van der Waals surface area contributed by atoms with Gasteiger partial charge in [-0.05, 0) is 24.3 Å². The number of aryl methyl sites for hydroxylation is 2. The number of pyridine rings is 1. The van der Waals surface area contributed by atoms with Crippen molar-refractivity contribution in [1.29, 1.82) is 0 Å². The molecule has 0 aliphatic heterocycles. The zero-order chi connectivity index (χ0) is 20.0. The minimum Gasteiger partial charge on any atom is -0.311 e. The largest absolute Gasteiger partial charge is 0.332 e. The first-order chi connectivity index (χ1) is 12.6. The molecule has 0 spiro atoms. The van der Waals surface area contributed by atoms with Crippen LogP contribution in [0.15, 0.2) is 44.7 Å². The van der Waals surface area contributed by atoms with E-state index >= 15 is 0 Å². The molecular weight excluding hydrogens is 355 g/mol. The van der Waals surface area contributed by atoms with Crippen LogP contribution in [-0.4, -0.2) is 26.7 Å². The Morgan fingerprint density at radius 2 is 1.56 bits per heavy atom. The molecule has 0 saturated heterocycles. The fraction of sp³-hybridized carbons (Fsp3) is 0.222. The van der Waals surface area contributed by atoms with Gasteiger partial charge in [-0.25, -0.2) is 9.18 Å². The lowest BCUT2D eigenvalue weighted by Gasteiger charge is -2.19. The van der Waals surface area contributed by atoms with Crippen molar-refractivity contribution in [3.8, 4) is 0 Å². The molecule has 2 aromatic heterocycles. The second kappa shape index (κ2) is 6.35. The first-order valence-electron chi connectivity index (χ1n) is 7.98. The Bertz CT molecular complexity index is 1250. The summed E-state index contributed by atoms with van der Waals surface area (Å²) in [6, 6.07) is 6.28. The highest BCUT2D eigenvalue weighted by Crippen LogP contribution is 2.18. The number of amides is 1. The molecule has 1 aromatic carbocycles. The summed E-state index contributed by atoms with van der Waals surface area (Å²) < 4.78 is 16.3. The lowest BCUT2D eigenvalue weighted by Crippen LogP contribution is -2.41. The molecule has 2 heterocycles. The van der Waals surface area contributed by atoms with E-state index in [0.717, 1.165) is 19.8 Å². The van der Waals surface area contributed by atoms with Gasteiger partial charge in [0.15, 0.2) is 0 Å². The van der Waals surface area contributed by atoms with E-state index in [-0.39, 0.29) is 16.6 Å². The van der Waals surface area contributed by atoms with Crippen LogP contribution in [0, 0.1) is 5.82 Å². The molecule has 3 aromatic rings. The minimum atomic E-state index is -0.681. The van der Waals surface area contributed by atoms with Gasteiger partial charge < -0.3 is 4.90 Å². The maximum atomic E-state index is 13.1. The van der Waals surface area contributed by atoms with Gasteiger partial charge in [0.2, 0.25) is 0 Å². The van der Waals surface area contributed by atoms with Gasteiger partial charge in [-0.3, -0.25) is 28.1 Å². The summed E-state index contributed by atoms with van der Waals surface area (Å²) in [6.45, 7) is 0. The van der Waals surface area contributed by atoms with Crippen molar-refractivity contribution in [2.75, 3.05) is 11.9 Å². The third kappa shape index (κ3) is 2.77. The molecule has 0 saturated carbocycles. The predicted molar refractivity (Wildman–Crippen MR) is 98.8 cm³/mol. The zero-order valence-corrected chi connectivity index (χ0v) is 15.2. The van der Waals surface area contributed by atoms with Crippen molar-refractivity contribution in [2.45, 2.75) is 0 Å². The standard InChI is InChI=1S/C18H17FN4O4/c1-20(11-7-5-10(19)6-8-11)16(25)12-9-13(24)21(2)15-14(12)17(26)23(4)18(27)22(15)3/h5-9H,1-4H3. The molecule has 9 heteroatoms. The molecule has 0 fully saturated rings. The van der Waals surface area contributed by atoms with Crippen LogP contribution in [-0.2, 0) is 21.1 Å². The minimum absolute atomic E-state index is 0.0411. The summed E-state index contributed by atoms with van der Waals surface area (Å²) in [5, 5.41) is -0.0411. The number of carbonyl (C=O) groups excluding carboxylic acids is 1. The summed E-state index contributed by atoms with van der Waals surface area (Å²) in [5.74, 6) is -1.08. The molecule has 0 radical (unpaired) electrons. The number of aromatic nitrogens is 3. The molecule has 0 N–H and O–H groups in total. The van der Waals surface area contributed by atoms with Crippen LogP contribution < -0.4 is 21.7 Å². The maximum absolute atomic E-state index is 13.1. The van der Waals surface area contributed by atoms with Crippen molar-refractivity contribution < 1.29 is 9.18 Å². The Morgan fingerprint density at radius 1 is 0.963 bits per heavy atom. The Kier molecular flexibility index (Phi) is 4.30. The normalized spacial score (nSPS) is 11.0. The molecule has 0 aliphatic carbocycles. The van der Waals surface area contributed by atoms with E-state index in [9.17, 15) is 23.6 Å². The Morgan fingerprint density at radius 3 is 2.15 bits per heavy atom. The van der Waals surface area contributed by atoms with Gasteiger partial charge in [-0.1, -0.05) is 0 Å². The van der Waals surface area contributed by atoms with E-state index in [1.54, 1.807) is 0 Å². The van der Waals surface area contributed by atoms with Gasteiger partial charge in [0.05, 0.1) is 10.9 Å². The Labute approximate surface area is 152 Å². The lowest BCUT2D eigenvalue weighted by atomic mass is 10.1. The van der Waals surface area contributed by atoms with Crippen molar-refractivity contribution in [1.82, 2.24) is 13.7 Å². The van der Waals surface area contributed by atoms with Gasteiger partial charge in [-0.15, -0.1) is 0 Å². The number of nitrogens with zero attached hydrogens (tertiary/aromatic N) is 4. The summed E-state index contributed by atoms with van der Waals surface area (Å²) >= 11 is 0. The van der Waals surface area contributed by atoms with Crippen molar-refractivity contribution in [2.24, 2.45) is 21.1 Å². The molecule has 8 nitrogen and oxygen atoms in total. The smallest absolute Gasteiger partial charge is 0.311 e. The highest BCUT2D eigenvalue weighted by Gasteiger charge is 2.23. The topological polar surface area (TPSA) is 86.3 Å². The fourth-order valence-corrected chi connectivity index (χ4v) is 2.99. The van der Waals surface area contributed by atoms with Crippen molar-refractivity contribution in [3.63, 3.8) is 0 Å². The van der Waals surface area contributed by atoms with E-state index in [1.807, 2.05) is 0 Å². The van der Waals surface area contributed by atoms with E-state index in [0.29, 0.717) is 5.69 Å². The molecule has 27 heavy (non-hydrogen) atoms. The number of halogens is 1. The van der Waals surface area contributed by atoms with Crippen molar-refractivity contribution >= 4 is 22.6 Å². The van der Waals surface area contributed by atoms with Crippen LogP contribution in [0.1, 0.15) is 10.4 Å². The molecule has 0 atom stereocenters. The average molecular weight is 372 g/mol. The molecule has 140 valence electrons. The first-order valence-corrected chi connectivity index (χ1v) is 7.98. The number of anilines is 1. The third-order valence-corrected chi connectivity index (χ3v) is 4.57. The summed E-state index contributed by atoms with van der Waals surface area (Å²) in [6.07, 6.45) is 0. The number of rotatable bonds is 2. The van der Waals surface area contributed by atoms with Gasteiger partial charge in [0, 0.05) is 39.9 Å². The van der Waals surface area contributed by atoms with E-state index in [4.69, 9.17) is 0 Å². The Hall–Kier alpha value is -3.49. The van der Waals surface area contributed by atoms with Gasteiger partial charge in [-0.2, -0.15) is 0 Å². The number of fused-ring (bicyclic) bond motifs is 1. The van der Waals surface area contributed by atoms with Crippen LogP contribution in [0.3, 0.4) is 0 Å². The zero-order valence-electron chi connectivity index (χ0n) is 15.2. The van der Waals surface area contributed by atoms with Crippen molar-refractivity contribution in [3.05, 3.63) is 72.9 Å². The molecule has 3 rings (SSSR count). The second-order valence-corrected chi connectivity index (χ2v) is 6.20. The molecule has 0 unspecified atom stereocenters. The van der Waals surface area contributed by atoms with Crippen LogP contribution in [0.5, 0.6) is 0 Å². The van der Waals surface area contributed by atoms with Crippen LogP contribution >= 0.6 is 0 Å². The Balaban J connectivity index is 2.35. The SMILES string of the molecule is CN(C(=O)c1cc(=O)n(C)c2c1c(=O)n(C)c(=O)n2C)c1ccc(F)cc1. The fourth-order valence-electron chi connectivity index (χ4n) is 2.99. The van der Waals surface area contributed by atoms with Crippen LogP contribution in [0.2, 0.25) is 0 Å². The molecule has 1 amide bonds. The number of hydrogen-bond donors (Lipinski definition) is 0. The van der Waals surface area contributed by atoms with E-state index < -0.39 is 28.5 Å². The number of carbonyl (C=O) groups is 1. The lowest BCUT2D eigenvalue weighted by molar-refractivity contribution is 0.0994. The first kappa shape index (κ1) is 18.3. The van der Waals surface area contributed by atoms with Crippen LogP contribution in [0.4, 0.5) is 10.1 Å². The van der Waals surface area contributed by atoms with Crippen LogP contribution in [0.25, 0.3) is 11.0 Å². The van der Waals surface area contributed by atoms with Gasteiger partial charge in [0.1, 0.15) is 11.5 Å². The van der Waals surface area contributed by atoms with Gasteiger partial charge in [0.25, 0.3) is 17.0 Å². The molecule has 0 aliphatic rings. The summed E-state index contributed by atoms with van der Waals surface area (Å²) in [7, 11) is 5.58. The number of benzene rings is 1. The predicted octanol–water partition coefficient (Wildman–Crippen LogP) is 0.352. The average Bonchev–Trinajstić information content (AvgIpc) is 2.65. The monoisotopic (exact) mass is 372 g/mol. The third-order valence-electron chi connectivity index (χ3n) is 4.57. The summed E-state index contributed by atoms with van der Waals surface area (Å²) in [5.41, 5.74) is -1.53. The second-order valence-electron chi connectivity index (χ2n) is 6.20. The highest BCUT2D eigenvalue weighted by atomic mass is 19.1. The van der Waals surface area contributed by atoms with E-state index in [2.05, 4.69) is 0 Å². The molecular formula is C18H17FN4O4. The maximum Gasteiger partial charge on any atom is 0.332 e. The summed E-state index contributed by atoms with van der Waals surface area (Å²) in [4.78, 5) is 51.5. The van der Waals surface area contributed by atoms with E-state index in [1.165, 1.54) is 57.4 Å². The highest BCUT2D eigenvalue weighted by molar-refractivity contribution is 6.12. The quantitative estimate of drug-likeness (QED) is 0.650. The van der Waals surface area contributed by atoms with Gasteiger partial charge >= 0.3 is 5.69 Å². The molecule has 0 bridgehead atoms.